The molecular weight excluding hydrogens is 372 g/mol. The molecule has 0 aliphatic carbocycles. The molecule has 0 aromatic rings. The maximum absolute atomic E-state index is 12.7. The number of carboxylic acid groups (broad SMARTS) is 1. The van der Waals surface area contributed by atoms with Crippen molar-refractivity contribution in [3.8, 4) is 0 Å². The van der Waals surface area contributed by atoms with Crippen molar-refractivity contribution in [2.45, 2.75) is 64.2 Å². The Labute approximate surface area is 164 Å². The van der Waals surface area contributed by atoms with Gasteiger partial charge < -0.3 is 26.4 Å². The third-order valence-electron chi connectivity index (χ3n) is 4.37. The summed E-state index contributed by atoms with van der Waals surface area (Å²) in [7, 11) is 0. The molecule has 0 radical (unpaired) electrons. The molecule has 0 aromatic heterocycles. The number of rotatable bonds is 9. The van der Waals surface area contributed by atoms with E-state index in [2.05, 4.69) is 23.3 Å². The van der Waals surface area contributed by atoms with Crippen molar-refractivity contribution in [1.82, 2.24) is 15.5 Å². The zero-order valence-corrected chi connectivity index (χ0v) is 16.9. The Morgan fingerprint density at radius 2 is 1.81 bits per heavy atom. The third kappa shape index (κ3) is 6.69. The van der Waals surface area contributed by atoms with Crippen LogP contribution in [0, 0.1) is 5.92 Å². The first kappa shape index (κ1) is 23.2. The second-order valence-electron chi connectivity index (χ2n) is 7.25. The number of hydrogen-bond donors (Lipinski definition) is 5. The molecule has 1 fully saturated rings. The maximum atomic E-state index is 12.7. The van der Waals surface area contributed by atoms with Crippen molar-refractivity contribution < 1.29 is 24.3 Å². The average Bonchev–Trinajstić information content (AvgIpc) is 3.06. The fourth-order valence-corrected chi connectivity index (χ4v) is 3.24. The lowest BCUT2D eigenvalue weighted by molar-refractivity contribution is -0.142. The van der Waals surface area contributed by atoms with E-state index in [0.29, 0.717) is 25.8 Å². The normalized spacial score (nSPS) is 20.1. The molecule has 5 N–H and O–H groups in total. The van der Waals surface area contributed by atoms with Crippen LogP contribution >= 0.6 is 12.6 Å². The van der Waals surface area contributed by atoms with Gasteiger partial charge in [-0.1, -0.05) is 13.8 Å². The van der Waals surface area contributed by atoms with Crippen molar-refractivity contribution in [1.29, 1.82) is 0 Å². The largest absolute Gasteiger partial charge is 0.480 e. The number of hydrogen-bond acceptors (Lipinski definition) is 6. The minimum Gasteiger partial charge on any atom is -0.480 e. The number of nitrogens with zero attached hydrogens (tertiary/aromatic N) is 1. The molecule has 0 aromatic carbocycles. The lowest BCUT2D eigenvalue weighted by atomic mass is 10.0. The van der Waals surface area contributed by atoms with E-state index in [4.69, 9.17) is 10.8 Å². The van der Waals surface area contributed by atoms with E-state index in [1.165, 1.54) is 4.90 Å². The number of nitrogens with one attached hydrogen (secondary N) is 2. The van der Waals surface area contributed by atoms with E-state index in [9.17, 15) is 19.2 Å². The average molecular weight is 403 g/mol. The van der Waals surface area contributed by atoms with Crippen molar-refractivity contribution in [3.63, 3.8) is 0 Å². The summed E-state index contributed by atoms with van der Waals surface area (Å²) in [5.74, 6) is -2.49. The number of carboxylic acids is 1. The van der Waals surface area contributed by atoms with Crippen LogP contribution in [0.2, 0.25) is 0 Å². The van der Waals surface area contributed by atoms with Gasteiger partial charge in [0.2, 0.25) is 17.7 Å². The third-order valence-corrected chi connectivity index (χ3v) is 4.73. The van der Waals surface area contributed by atoms with E-state index in [1.807, 2.05) is 13.8 Å². The van der Waals surface area contributed by atoms with Crippen LogP contribution in [-0.2, 0) is 19.2 Å². The minimum atomic E-state index is -1.20. The van der Waals surface area contributed by atoms with E-state index >= 15 is 0 Å². The summed E-state index contributed by atoms with van der Waals surface area (Å²) in [5, 5.41) is 14.1. The van der Waals surface area contributed by atoms with Gasteiger partial charge in [0.1, 0.15) is 18.1 Å². The molecule has 0 saturated carbocycles. The summed E-state index contributed by atoms with van der Waals surface area (Å²) in [6.07, 6.45) is 1.51. The highest BCUT2D eigenvalue weighted by molar-refractivity contribution is 7.80. The Balaban J connectivity index is 2.86. The van der Waals surface area contributed by atoms with Crippen molar-refractivity contribution in [3.05, 3.63) is 0 Å². The second kappa shape index (κ2) is 10.5. The van der Waals surface area contributed by atoms with Crippen LogP contribution in [-0.4, -0.2) is 70.2 Å². The summed E-state index contributed by atoms with van der Waals surface area (Å²) in [4.78, 5) is 50.0. The molecule has 10 heteroatoms. The van der Waals surface area contributed by atoms with Crippen molar-refractivity contribution in [2.75, 3.05) is 12.3 Å². The molecule has 3 amide bonds. The Bertz CT molecular complexity index is 570. The van der Waals surface area contributed by atoms with E-state index < -0.39 is 42.0 Å². The molecule has 27 heavy (non-hydrogen) atoms. The number of carbonyl (C=O) groups excluding carboxylic acids is 3. The number of carbonyl (C=O) groups is 4. The summed E-state index contributed by atoms with van der Waals surface area (Å²) in [6.45, 7) is 5.79. The number of thiol groups is 1. The highest BCUT2D eigenvalue weighted by Gasteiger charge is 2.37. The fraction of sp³-hybridized carbons (Fsp3) is 0.765. The summed E-state index contributed by atoms with van der Waals surface area (Å²) < 4.78 is 0. The summed E-state index contributed by atoms with van der Waals surface area (Å²) in [6, 6.07) is -3.42. The van der Waals surface area contributed by atoms with E-state index in [-0.39, 0.29) is 17.6 Å². The van der Waals surface area contributed by atoms with Gasteiger partial charge in [0, 0.05) is 12.3 Å². The van der Waals surface area contributed by atoms with E-state index in [1.54, 1.807) is 6.92 Å². The zero-order chi connectivity index (χ0) is 20.7. The molecule has 1 aliphatic rings. The van der Waals surface area contributed by atoms with E-state index in [0.717, 1.165) is 0 Å². The lowest BCUT2D eigenvalue weighted by Crippen LogP contribution is -2.56. The summed E-state index contributed by atoms with van der Waals surface area (Å²) in [5.41, 5.74) is 5.64. The molecule has 1 heterocycles. The first-order valence-corrected chi connectivity index (χ1v) is 9.72. The molecule has 4 unspecified atom stereocenters. The first-order valence-electron chi connectivity index (χ1n) is 9.08. The number of nitrogens with two attached hydrogens (primary N) is 1. The van der Waals surface area contributed by atoms with Gasteiger partial charge in [0.05, 0.1) is 6.04 Å². The van der Waals surface area contributed by atoms with Gasteiger partial charge in [-0.15, -0.1) is 0 Å². The van der Waals surface area contributed by atoms with Crippen LogP contribution in [0.1, 0.15) is 40.0 Å². The lowest BCUT2D eigenvalue weighted by Gasteiger charge is -2.28. The van der Waals surface area contributed by atoms with Crippen molar-refractivity contribution in [2.24, 2.45) is 11.7 Å². The number of aliphatic carboxylic acids is 1. The molecule has 154 valence electrons. The fourth-order valence-electron chi connectivity index (χ4n) is 2.99. The van der Waals surface area contributed by atoms with Gasteiger partial charge in [-0.25, -0.2) is 4.79 Å². The van der Waals surface area contributed by atoms with Gasteiger partial charge in [0.15, 0.2) is 0 Å². The number of amides is 3. The Hall–Kier alpha value is -1.81. The van der Waals surface area contributed by atoms with Crippen LogP contribution < -0.4 is 16.4 Å². The van der Waals surface area contributed by atoms with Crippen LogP contribution in [0.25, 0.3) is 0 Å². The van der Waals surface area contributed by atoms with Gasteiger partial charge in [-0.2, -0.15) is 12.6 Å². The second-order valence-corrected chi connectivity index (χ2v) is 7.62. The van der Waals surface area contributed by atoms with Crippen LogP contribution in [0.4, 0.5) is 0 Å². The molecule has 0 bridgehead atoms. The first-order chi connectivity index (χ1) is 12.6. The molecule has 0 spiro atoms. The molecular formula is C17H30N4O5S. The highest BCUT2D eigenvalue weighted by Crippen LogP contribution is 2.19. The van der Waals surface area contributed by atoms with Crippen LogP contribution in [0.5, 0.6) is 0 Å². The minimum absolute atomic E-state index is 0.0668. The van der Waals surface area contributed by atoms with Gasteiger partial charge in [0.25, 0.3) is 0 Å². The molecule has 1 rings (SSSR count). The Morgan fingerprint density at radius 3 is 2.30 bits per heavy atom. The van der Waals surface area contributed by atoms with Gasteiger partial charge in [-0.05, 0) is 32.1 Å². The molecule has 1 saturated heterocycles. The van der Waals surface area contributed by atoms with Crippen LogP contribution in [0.3, 0.4) is 0 Å². The Kier molecular flexibility index (Phi) is 9.04. The predicted molar refractivity (Wildman–Crippen MR) is 103 cm³/mol. The topological polar surface area (TPSA) is 142 Å². The molecule has 1 aliphatic heterocycles. The highest BCUT2D eigenvalue weighted by atomic mass is 32.1. The molecule has 4 atom stereocenters. The smallest absolute Gasteiger partial charge is 0.327 e. The Morgan fingerprint density at radius 1 is 1.19 bits per heavy atom. The maximum Gasteiger partial charge on any atom is 0.327 e. The zero-order valence-electron chi connectivity index (χ0n) is 16.0. The monoisotopic (exact) mass is 402 g/mol. The number of likely N-dealkylation sites (tertiary alicyclic amines) is 1. The van der Waals surface area contributed by atoms with Crippen LogP contribution in [0.15, 0.2) is 0 Å². The standard InChI is InChI=1S/C17H30N4O5S/c1-9(2)7-11(14(22)20-12(8-27)17(25)26)19-15(23)13-5-4-6-21(13)16(24)10(3)18/h9-13,27H,4-8,18H2,1-3H3,(H,19,23)(H,20,22)(H,25,26). The SMILES string of the molecule is CC(C)CC(NC(=O)C1CCCN1C(=O)C(C)N)C(=O)NC(CS)C(=O)O. The molecule has 9 nitrogen and oxygen atoms in total. The van der Waals surface area contributed by atoms with Crippen molar-refractivity contribution >= 4 is 36.3 Å². The predicted octanol–water partition coefficient (Wildman–Crippen LogP) is -0.645. The van der Waals surface area contributed by atoms with Gasteiger partial charge in [-0.3, -0.25) is 14.4 Å². The quantitative estimate of drug-likeness (QED) is 0.325. The van der Waals surface area contributed by atoms with Gasteiger partial charge >= 0.3 is 5.97 Å². The summed E-state index contributed by atoms with van der Waals surface area (Å²) >= 11 is 3.92.